The Morgan fingerprint density at radius 3 is 2.83 bits per heavy atom. The van der Waals surface area contributed by atoms with Crippen molar-refractivity contribution in [2.75, 3.05) is 31.5 Å². The molecule has 96 valence electrons. The minimum Gasteiger partial charge on any atom is -0.324 e. The highest BCUT2D eigenvalue weighted by atomic mass is 35.5. The van der Waals surface area contributed by atoms with Crippen LogP contribution in [0.5, 0.6) is 0 Å². The minimum absolute atomic E-state index is 0.0335. The lowest BCUT2D eigenvalue weighted by molar-refractivity contribution is -0.115. The molecule has 0 spiro atoms. The second kappa shape index (κ2) is 4.88. The number of rotatable bonds is 2. The van der Waals surface area contributed by atoms with Gasteiger partial charge in [-0.1, -0.05) is 17.7 Å². The van der Waals surface area contributed by atoms with Crippen LogP contribution < -0.4 is 10.6 Å². The van der Waals surface area contributed by atoms with Crippen molar-refractivity contribution in [3.63, 3.8) is 0 Å². The van der Waals surface area contributed by atoms with Gasteiger partial charge in [-0.05, 0) is 17.2 Å². The summed E-state index contributed by atoms with van der Waals surface area (Å²) in [5.41, 5.74) is 3.01. The summed E-state index contributed by atoms with van der Waals surface area (Å²) in [6.45, 7) is 5.11. The van der Waals surface area contributed by atoms with Gasteiger partial charge in [0.05, 0.1) is 17.1 Å². The van der Waals surface area contributed by atoms with Gasteiger partial charge in [0.1, 0.15) is 0 Å². The number of piperazine rings is 1. The Morgan fingerprint density at radius 1 is 1.28 bits per heavy atom. The normalized spacial score (nSPS) is 19.7. The second-order valence-corrected chi connectivity index (χ2v) is 5.27. The van der Waals surface area contributed by atoms with E-state index in [-0.39, 0.29) is 5.91 Å². The van der Waals surface area contributed by atoms with Gasteiger partial charge in [-0.2, -0.15) is 0 Å². The number of hydrogen-bond donors (Lipinski definition) is 2. The molecule has 18 heavy (non-hydrogen) atoms. The van der Waals surface area contributed by atoms with Crippen LogP contribution in [0.3, 0.4) is 0 Å². The molecule has 1 aromatic carbocycles. The van der Waals surface area contributed by atoms with Crippen molar-refractivity contribution in [1.82, 2.24) is 10.2 Å². The van der Waals surface area contributed by atoms with Crippen LogP contribution in [-0.4, -0.2) is 37.0 Å². The van der Waals surface area contributed by atoms with E-state index in [0.29, 0.717) is 11.4 Å². The number of halogens is 1. The molecule has 2 heterocycles. The van der Waals surface area contributed by atoms with E-state index in [1.807, 2.05) is 6.07 Å². The van der Waals surface area contributed by atoms with Crippen molar-refractivity contribution in [3.8, 4) is 0 Å². The van der Waals surface area contributed by atoms with Gasteiger partial charge >= 0.3 is 0 Å². The molecular weight excluding hydrogens is 250 g/mol. The van der Waals surface area contributed by atoms with Crippen LogP contribution in [-0.2, 0) is 17.8 Å². The van der Waals surface area contributed by atoms with Crippen LogP contribution in [0, 0.1) is 0 Å². The molecule has 2 aliphatic rings. The molecule has 0 unspecified atom stereocenters. The fraction of sp³-hybridized carbons (Fsp3) is 0.462. The molecule has 1 saturated heterocycles. The minimum atomic E-state index is 0.0335. The Balaban J connectivity index is 1.79. The summed E-state index contributed by atoms with van der Waals surface area (Å²) in [5.74, 6) is 0.0335. The molecule has 0 aromatic heterocycles. The van der Waals surface area contributed by atoms with Gasteiger partial charge in [-0.3, -0.25) is 9.69 Å². The highest BCUT2D eigenvalue weighted by Crippen LogP contribution is 2.32. The third kappa shape index (κ3) is 2.36. The number of fused-ring (bicyclic) bond motifs is 1. The maximum atomic E-state index is 11.4. The van der Waals surface area contributed by atoms with E-state index in [1.165, 1.54) is 5.56 Å². The first-order valence-electron chi connectivity index (χ1n) is 6.26. The number of nitrogens with zero attached hydrogens (tertiary/aromatic N) is 1. The van der Waals surface area contributed by atoms with Gasteiger partial charge in [-0.25, -0.2) is 0 Å². The lowest BCUT2D eigenvalue weighted by Gasteiger charge is -2.27. The average Bonchev–Trinajstić information content (AvgIpc) is 2.72. The summed E-state index contributed by atoms with van der Waals surface area (Å²) in [4.78, 5) is 13.8. The van der Waals surface area contributed by atoms with Crippen molar-refractivity contribution < 1.29 is 4.79 Å². The zero-order chi connectivity index (χ0) is 12.5. The number of nitrogens with one attached hydrogen (secondary N) is 2. The third-order valence-electron chi connectivity index (χ3n) is 3.46. The molecule has 2 N–H and O–H groups in total. The number of amides is 1. The highest BCUT2D eigenvalue weighted by Gasteiger charge is 2.21. The van der Waals surface area contributed by atoms with Crippen molar-refractivity contribution >= 4 is 23.2 Å². The Bertz CT molecular complexity index is 483. The topological polar surface area (TPSA) is 44.4 Å². The van der Waals surface area contributed by atoms with Gasteiger partial charge in [-0.15, -0.1) is 0 Å². The summed E-state index contributed by atoms with van der Waals surface area (Å²) in [6, 6.07) is 4.06. The van der Waals surface area contributed by atoms with Crippen LogP contribution in [0.1, 0.15) is 11.1 Å². The SMILES string of the molecule is O=C1Cc2cc(CN3CCNCC3)cc(Cl)c2N1. The average molecular weight is 266 g/mol. The molecule has 3 rings (SSSR count). The number of carbonyl (C=O) groups is 1. The number of anilines is 1. The molecule has 0 aliphatic carbocycles. The van der Waals surface area contributed by atoms with E-state index < -0.39 is 0 Å². The van der Waals surface area contributed by atoms with Gasteiger partial charge < -0.3 is 10.6 Å². The van der Waals surface area contributed by atoms with E-state index in [1.54, 1.807) is 0 Å². The summed E-state index contributed by atoms with van der Waals surface area (Å²) in [5, 5.41) is 6.79. The molecule has 4 nitrogen and oxygen atoms in total. The molecule has 1 fully saturated rings. The van der Waals surface area contributed by atoms with Gasteiger partial charge in [0.25, 0.3) is 0 Å². The third-order valence-corrected chi connectivity index (χ3v) is 3.76. The quantitative estimate of drug-likeness (QED) is 0.846. The standard InChI is InChI=1S/C13H16ClN3O/c14-11-6-9(8-17-3-1-15-2-4-17)5-10-7-12(18)16-13(10)11/h5-6,15H,1-4,7-8H2,(H,16,18). The maximum absolute atomic E-state index is 11.4. The molecule has 0 atom stereocenters. The van der Waals surface area contributed by atoms with E-state index in [0.717, 1.165) is 44.0 Å². The number of hydrogen-bond acceptors (Lipinski definition) is 3. The van der Waals surface area contributed by atoms with Gasteiger partial charge in [0.2, 0.25) is 5.91 Å². The predicted octanol–water partition coefficient (Wildman–Crippen LogP) is 1.24. The van der Waals surface area contributed by atoms with Crippen LogP contribution in [0.4, 0.5) is 5.69 Å². The van der Waals surface area contributed by atoms with Crippen molar-refractivity contribution in [2.24, 2.45) is 0 Å². The molecule has 0 radical (unpaired) electrons. The fourth-order valence-corrected chi connectivity index (χ4v) is 2.89. The first-order valence-corrected chi connectivity index (χ1v) is 6.64. The highest BCUT2D eigenvalue weighted by molar-refractivity contribution is 6.34. The molecule has 1 amide bonds. The number of carbonyl (C=O) groups excluding carboxylic acids is 1. The first-order chi connectivity index (χ1) is 8.72. The maximum Gasteiger partial charge on any atom is 0.228 e. The zero-order valence-electron chi connectivity index (χ0n) is 10.1. The Kier molecular flexibility index (Phi) is 3.24. The van der Waals surface area contributed by atoms with Crippen molar-refractivity contribution in [2.45, 2.75) is 13.0 Å². The smallest absolute Gasteiger partial charge is 0.228 e. The monoisotopic (exact) mass is 265 g/mol. The van der Waals surface area contributed by atoms with Crippen molar-refractivity contribution in [3.05, 3.63) is 28.3 Å². The summed E-state index contributed by atoms with van der Waals surface area (Å²) >= 11 is 6.21. The molecule has 0 saturated carbocycles. The summed E-state index contributed by atoms with van der Waals surface area (Å²) in [6.07, 6.45) is 0.449. The van der Waals surface area contributed by atoms with Gasteiger partial charge in [0.15, 0.2) is 0 Å². The Morgan fingerprint density at radius 2 is 2.06 bits per heavy atom. The lowest BCUT2D eigenvalue weighted by Crippen LogP contribution is -2.42. The molecule has 0 bridgehead atoms. The second-order valence-electron chi connectivity index (χ2n) is 4.86. The predicted molar refractivity (Wildman–Crippen MR) is 71.9 cm³/mol. The van der Waals surface area contributed by atoms with Gasteiger partial charge in [0, 0.05) is 32.7 Å². The van der Waals surface area contributed by atoms with E-state index in [2.05, 4.69) is 21.6 Å². The summed E-state index contributed by atoms with van der Waals surface area (Å²) < 4.78 is 0. The first kappa shape index (κ1) is 12.0. The molecule has 2 aliphatic heterocycles. The fourth-order valence-electron chi connectivity index (χ4n) is 2.58. The Hall–Kier alpha value is -1.10. The van der Waals surface area contributed by atoms with E-state index in [4.69, 9.17) is 11.6 Å². The molecule has 5 heteroatoms. The summed E-state index contributed by atoms with van der Waals surface area (Å²) in [7, 11) is 0. The molecular formula is C13H16ClN3O. The van der Waals surface area contributed by atoms with E-state index in [9.17, 15) is 4.79 Å². The number of benzene rings is 1. The van der Waals surface area contributed by atoms with Crippen molar-refractivity contribution in [1.29, 1.82) is 0 Å². The van der Waals surface area contributed by atoms with Crippen LogP contribution in [0.15, 0.2) is 12.1 Å². The van der Waals surface area contributed by atoms with Crippen LogP contribution >= 0.6 is 11.6 Å². The lowest BCUT2D eigenvalue weighted by atomic mass is 10.1. The van der Waals surface area contributed by atoms with Crippen LogP contribution in [0.2, 0.25) is 5.02 Å². The van der Waals surface area contributed by atoms with Crippen LogP contribution in [0.25, 0.3) is 0 Å². The Labute approximate surface area is 111 Å². The largest absolute Gasteiger partial charge is 0.324 e. The molecule has 1 aromatic rings. The zero-order valence-corrected chi connectivity index (χ0v) is 10.9. The van der Waals surface area contributed by atoms with E-state index >= 15 is 0 Å².